The molecule has 0 heterocycles. The second-order valence-corrected chi connectivity index (χ2v) is 9.28. The third-order valence-corrected chi connectivity index (χ3v) is 6.30. The molecule has 1 atom stereocenters. The van der Waals surface area contributed by atoms with Crippen LogP contribution in [0.3, 0.4) is 0 Å². The molecule has 0 fully saturated rings. The second-order valence-electron chi connectivity index (χ2n) is 7.51. The molecule has 0 saturated heterocycles. The Hall–Kier alpha value is -3.82. The number of benzene rings is 3. The number of carbonyl (C=O) groups excluding carboxylic acids is 3. The summed E-state index contributed by atoms with van der Waals surface area (Å²) in [6, 6.07) is 20.7. The summed E-state index contributed by atoms with van der Waals surface area (Å²) in [7, 11) is -3.87. The summed E-state index contributed by atoms with van der Waals surface area (Å²) in [5, 5.41) is 2.60. The van der Waals surface area contributed by atoms with E-state index in [0.717, 1.165) is 5.56 Å². The lowest BCUT2D eigenvalue weighted by molar-refractivity contribution is -0.123. The van der Waals surface area contributed by atoms with E-state index in [1.54, 1.807) is 48.5 Å². The number of ether oxygens (including phenoxy) is 1. The molecule has 1 amide bonds. The first kappa shape index (κ1) is 24.8. The number of carbonyl (C=O) groups is 3. The Kier molecular flexibility index (Phi) is 7.93. The zero-order chi connectivity index (χ0) is 24.7. The predicted octanol–water partition coefficient (Wildman–Crippen LogP) is 3.55. The van der Waals surface area contributed by atoms with Crippen molar-refractivity contribution < 1.29 is 27.5 Å². The lowest BCUT2D eigenvalue weighted by Gasteiger charge is -2.14. The fourth-order valence-corrected chi connectivity index (χ4v) is 4.03. The maximum absolute atomic E-state index is 12.6. The number of esters is 1. The minimum Gasteiger partial charge on any atom is -0.449 e. The largest absolute Gasteiger partial charge is 0.449 e. The molecule has 0 spiro atoms. The van der Waals surface area contributed by atoms with E-state index in [2.05, 4.69) is 10.0 Å². The van der Waals surface area contributed by atoms with Crippen LogP contribution in [0.15, 0.2) is 83.8 Å². The van der Waals surface area contributed by atoms with Crippen LogP contribution in [-0.4, -0.2) is 32.2 Å². The summed E-state index contributed by atoms with van der Waals surface area (Å²) in [6.07, 6.45) is -1.14. The summed E-state index contributed by atoms with van der Waals surface area (Å²) >= 11 is 0. The highest BCUT2D eigenvalue weighted by Gasteiger charge is 2.21. The molecule has 2 N–H and O–H groups in total. The third kappa shape index (κ3) is 6.60. The molecular formula is C25H24N2O6S. The number of sulfonamides is 1. The maximum atomic E-state index is 12.6. The van der Waals surface area contributed by atoms with Crippen molar-refractivity contribution in [2.45, 2.75) is 31.4 Å². The first-order chi connectivity index (χ1) is 16.2. The summed E-state index contributed by atoms with van der Waals surface area (Å²) < 4.78 is 33.0. The molecule has 3 aromatic carbocycles. The molecule has 0 saturated carbocycles. The van der Waals surface area contributed by atoms with Gasteiger partial charge < -0.3 is 10.1 Å². The molecule has 9 heteroatoms. The van der Waals surface area contributed by atoms with Crippen LogP contribution in [0.4, 0.5) is 5.69 Å². The van der Waals surface area contributed by atoms with Crippen molar-refractivity contribution in [3.8, 4) is 0 Å². The smallest absolute Gasteiger partial charge is 0.338 e. The van der Waals surface area contributed by atoms with E-state index in [0.29, 0.717) is 11.3 Å². The monoisotopic (exact) mass is 480 g/mol. The molecule has 176 valence electrons. The van der Waals surface area contributed by atoms with E-state index < -0.39 is 28.0 Å². The summed E-state index contributed by atoms with van der Waals surface area (Å²) in [5.74, 6) is -1.51. The van der Waals surface area contributed by atoms with Crippen LogP contribution >= 0.6 is 0 Å². The second kappa shape index (κ2) is 10.9. The van der Waals surface area contributed by atoms with Crippen molar-refractivity contribution in [3.05, 3.63) is 95.6 Å². The van der Waals surface area contributed by atoms with Gasteiger partial charge in [0, 0.05) is 17.8 Å². The van der Waals surface area contributed by atoms with Gasteiger partial charge in [0.1, 0.15) is 0 Å². The van der Waals surface area contributed by atoms with E-state index >= 15 is 0 Å². The van der Waals surface area contributed by atoms with E-state index in [1.165, 1.54) is 38.1 Å². The number of Topliss-reactive ketones (excluding diaryl/α,β-unsaturated/α-hetero) is 1. The van der Waals surface area contributed by atoms with Crippen molar-refractivity contribution in [3.63, 3.8) is 0 Å². The normalized spacial score (nSPS) is 11.9. The van der Waals surface area contributed by atoms with Gasteiger partial charge in [-0.1, -0.05) is 36.4 Å². The van der Waals surface area contributed by atoms with Crippen molar-refractivity contribution in [1.29, 1.82) is 0 Å². The Labute approximate surface area is 198 Å². The first-order valence-corrected chi connectivity index (χ1v) is 11.9. The van der Waals surface area contributed by atoms with Gasteiger partial charge in [0.05, 0.1) is 10.5 Å². The lowest BCUT2D eigenvalue weighted by atomic mass is 10.1. The standard InChI is InChI=1S/C25H24N2O6S/c1-17(28)20-11-13-22(14-12-20)27-24(29)18(2)33-25(30)21-9-6-10-23(15-21)34(31,32)26-16-19-7-4-3-5-8-19/h3-15,18,26H,16H2,1-2H3,(H,27,29). The Morgan fingerprint density at radius 1 is 0.882 bits per heavy atom. The number of amides is 1. The number of hydrogen-bond acceptors (Lipinski definition) is 6. The highest BCUT2D eigenvalue weighted by atomic mass is 32.2. The molecule has 34 heavy (non-hydrogen) atoms. The molecular weight excluding hydrogens is 456 g/mol. The van der Waals surface area contributed by atoms with Crippen LogP contribution < -0.4 is 10.0 Å². The molecule has 8 nitrogen and oxygen atoms in total. The van der Waals surface area contributed by atoms with Gasteiger partial charge in [-0.25, -0.2) is 17.9 Å². The topological polar surface area (TPSA) is 119 Å². The van der Waals surface area contributed by atoms with Gasteiger partial charge in [-0.15, -0.1) is 0 Å². The lowest BCUT2D eigenvalue weighted by Crippen LogP contribution is -2.30. The van der Waals surface area contributed by atoms with Crippen LogP contribution in [0.1, 0.15) is 40.1 Å². The Balaban J connectivity index is 1.62. The summed E-state index contributed by atoms with van der Waals surface area (Å²) in [6.45, 7) is 2.94. The SMILES string of the molecule is CC(=O)c1ccc(NC(=O)C(C)OC(=O)c2cccc(S(=O)(=O)NCc3ccccc3)c2)cc1. The average Bonchev–Trinajstić information content (AvgIpc) is 2.83. The Morgan fingerprint density at radius 2 is 1.56 bits per heavy atom. The quantitative estimate of drug-likeness (QED) is 0.357. The number of anilines is 1. The molecule has 3 aromatic rings. The van der Waals surface area contributed by atoms with Gasteiger partial charge in [0.2, 0.25) is 10.0 Å². The van der Waals surface area contributed by atoms with Crippen LogP contribution in [-0.2, 0) is 26.1 Å². The van der Waals surface area contributed by atoms with Crippen LogP contribution in [0.5, 0.6) is 0 Å². The molecule has 1 unspecified atom stereocenters. The van der Waals surface area contributed by atoms with E-state index in [-0.39, 0.29) is 22.8 Å². The highest BCUT2D eigenvalue weighted by molar-refractivity contribution is 7.89. The number of ketones is 1. The maximum Gasteiger partial charge on any atom is 0.338 e. The number of hydrogen-bond donors (Lipinski definition) is 2. The van der Waals surface area contributed by atoms with Crippen LogP contribution in [0, 0.1) is 0 Å². The van der Waals surface area contributed by atoms with Crippen LogP contribution in [0.2, 0.25) is 0 Å². The molecule has 0 aromatic heterocycles. The van der Waals surface area contributed by atoms with E-state index in [4.69, 9.17) is 4.74 Å². The third-order valence-electron chi connectivity index (χ3n) is 4.90. The minimum atomic E-state index is -3.87. The van der Waals surface area contributed by atoms with E-state index in [1.807, 2.05) is 6.07 Å². The molecule has 0 aliphatic rings. The fraction of sp³-hybridized carbons (Fsp3) is 0.160. The van der Waals surface area contributed by atoms with Crippen molar-refractivity contribution in [2.24, 2.45) is 0 Å². The zero-order valence-corrected chi connectivity index (χ0v) is 19.5. The van der Waals surface area contributed by atoms with Crippen LogP contribution in [0.25, 0.3) is 0 Å². The van der Waals surface area contributed by atoms with Crippen molar-refractivity contribution >= 4 is 33.4 Å². The average molecular weight is 481 g/mol. The molecule has 3 rings (SSSR count). The first-order valence-electron chi connectivity index (χ1n) is 10.4. The molecule has 0 bridgehead atoms. The minimum absolute atomic E-state index is 0.00644. The molecule has 0 radical (unpaired) electrons. The van der Waals surface area contributed by atoms with Gasteiger partial charge in [-0.3, -0.25) is 9.59 Å². The zero-order valence-electron chi connectivity index (χ0n) is 18.6. The highest BCUT2D eigenvalue weighted by Crippen LogP contribution is 2.15. The van der Waals surface area contributed by atoms with Gasteiger partial charge in [-0.2, -0.15) is 0 Å². The predicted molar refractivity (Wildman–Crippen MR) is 127 cm³/mol. The number of rotatable bonds is 9. The summed E-state index contributed by atoms with van der Waals surface area (Å²) in [5.41, 5.74) is 1.73. The molecule has 0 aliphatic heterocycles. The van der Waals surface area contributed by atoms with Crippen molar-refractivity contribution in [2.75, 3.05) is 5.32 Å². The van der Waals surface area contributed by atoms with Crippen molar-refractivity contribution in [1.82, 2.24) is 4.72 Å². The van der Waals surface area contributed by atoms with Gasteiger partial charge >= 0.3 is 5.97 Å². The van der Waals surface area contributed by atoms with Gasteiger partial charge in [0.15, 0.2) is 11.9 Å². The Bertz CT molecular complexity index is 1290. The fourth-order valence-electron chi connectivity index (χ4n) is 2.96. The van der Waals surface area contributed by atoms with Gasteiger partial charge in [0.25, 0.3) is 5.91 Å². The number of nitrogens with one attached hydrogen (secondary N) is 2. The van der Waals surface area contributed by atoms with Gasteiger partial charge in [-0.05, 0) is 61.9 Å². The van der Waals surface area contributed by atoms with E-state index in [9.17, 15) is 22.8 Å². The Morgan fingerprint density at radius 3 is 2.21 bits per heavy atom. The molecule has 0 aliphatic carbocycles. The summed E-state index contributed by atoms with van der Waals surface area (Å²) in [4.78, 5) is 36.2.